The normalized spacial score (nSPS) is 28.5. The Hall–Kier alpha value is -1.30. The highest BCUT2D eigenvalue weighted by atomic mass is 16.6. The Morgan fingerprint density at radius 2 is 1.91 bits per heavy atom. The molecule has 2 rings (SSSR count). The number of ether oxygens (including phenoxy) is 3. The second-order valence-electron chi connectivity index (χ2n) is 7.46. The molecule has 0 N–H and O–H groups in total. The zero-order chi connectivity index (χ0) is 17.1. The van der Waals surface area contributed by atoms with E-state index in [9.17, 15) is 9.59 Å². The lowest BCUT2D eigenvalue weighted by Gasteiger charge is -2.46. The van der Waals surface area contributed by atoms with Gasteiger partial charge in [-0.2, -0.15) is 0 Å². The highest BCUT2D eigenvalue weighted by molar-refractivity contribution is 5.72. The van der Waals surface area contributed by atoms with Gasteiger partial charge < -0.3 is 19.1 Å². The molecule has 1 aliphatic heterocycles. The molecule has 2 fully saturated rings. The largest absolute Gasteiger partial charge is 0.466 e. The first-order valence-corrected chi connectivity index (χ1v) is 8.53. The molecule has 132 valence electrons. The Kier molecular flexibility index (Phi) is 5.55. The zero-order valence-electron chi connectivity index (χ0n) is 14.7. The fourth-order valence-corrected chi connectivity index (χ4v) is 3.27. The van der Waals surface area contributed by atoms with Crippen LogP contribution >= 0.6 is 0 Å². The zero-order valence-corrected chi connectivity index (χ0v) is 14.7. The molecule has 6 nitrogen and oxygen atoms in total. The molecule has 1 saturated carbocycles. The van der Waals surface area contributed by atoms with E-state index in [1.807, 2.05) is 27.7 Å². The molecular formula is C17H29NO5. The van der Waals surface area contributed by atoms with Gasteiger partial charge in [-0.3, -0.25) is 4.79 Å². The maximum atomic E-state index is 12.3. The summed E-state index contributed by atoms with van der Waals surface area (Å²) in [7, 11) is 0. The van der Waals surface area contributed by atoms with E-state index in [1.165, 1.54) is 0 Å². The van der Waals surface area contributed by atoms with E-state index in [0.29, 0.717) is 26.3 Å². The average molecular weight is 327 g/mol. The Labute approximate surface area is 138 Å². The molecule has 6 heteroatoms. The van der Waals surface area contributed by atoms with Crippen molar-refractivity contribution in [1.82, 2.24) is 4.90 Å². The summed E-state index contributed by atoms with van der Waals surface area (Å²) in [4.78, 5) is 25.9. The van der Waals surface area contributed by atoms with Gasteiger partial charge in [-0.1, -0.05) is 0 Å². The molecule has 1 amide bonds. The fraction of sp³-hybridized carbons (Fsp3) is 0.882. The lowest BCUT2D eigenvalue weighted by molar-refractivity contribution is -0.157. The standard InChI is InChI=1S/C17H29NO5/c1-5-21-14(19)13-6-8-17(9-7-13)12-18(10-11-22-17)15(20)23-16(2,3)4/h13H,5-12H2,1-4H3. The van der Waals surface area contributed by atoms with E-state index in [4.69, 9.17) is 14.2 Å². The third-order valence-electron chi connectivity index (χ3n) is 4.42. The molecule has 23 heavy (non-hydrogen) atoms. The van der Waals surface area contributed by atoms with Gasteiger partial charge in [0.25, 0.3) is 0 Å². The summed E-state index contributed by atoms with van der Waals surface area (Å²) in [6, 6.07) is 0. The van der Waals surface area contributed by atoms with E-state index in [0.717, 1.165) is 25.7 Å². The molecule has 1 heterocycles. The number of morpholine rings is 1. The van der Waals surface area contributed by atoms with Crippen molar-refractivity contribution >= 4 is 12.1 Å². The molecule has 0 aromatic heterocycles. The minimum absolute atomic E-state index is 0.0407. The van der Waals surface area contributed by atoms with E-state index in [1.54, 1.807) is 4.90 Å². The maximum Gasteiger partial charge on any atom is 0.410 e. The van der Waals surface area contributed by atoms with E-state index in [2.05, 4.69) is 0 Å². The van der Waals surface area contributed by atoms with Gasteiger partial charge in [0.15, 0.2) is 0 Å². The molecule has 0 bridgehead atoms. The first kappa shape index (κ1) is 18.0. The van der Waals surface area contributed by atoms with Crippen LogP contribution in [0.15, 0.2) is 0 Å². The third kappa shape index (κ3) is 4.83. The minimum atomic E-state index is -0.496. The molecular weight excluding hydrogens is 298 g/mol. The summed E-state index contributed by atoms with van der Waals surface area (Å²) < 4.78 is 16.6. The van der Waals surface area contributed by atoms with Gasteiger partial charge >= 0.3 is 12.1 Å². The molecule has 0 radical (unpaired) electrons. The average Bonchev–Trinajstić information content (AvgIpc) is 2.46. The van der Waals surface area contributed by atoms with Gasteiger partial charge in [0.05, 0.1) is 31.3 Å². The molecule has 1 spiro atoms. The van der Waals surface area contributed by atoms with Crippen molar-refractivity contribution in [2.45, 2.75) is 64.6 Å². The highest BCUT2D eigenvalue weighted by Gasteiger charge is 2.43. The van der Waals surface area contributed by atoms with Crippen molar-refractivity contribution < 1.29 is 23.8 Å². The van der Waals surface area contributed by atoms with Gasteiger partial charge in [0, 0.05) is 6.54 Å². The van der Waals surface area contributed by atoms with Crippen LogP contribution in [0.2, 0.25) is 0 Å². The molecule has 0 atom stereocenters. The second-order valence-corrected chi connectivity index (χ2v) is 7.46. The lowest BCUT2D eigenvalue weighted by atomic mass is 9.78. The Morgan fingerprint density at radius 1 is 1.26 bits per heavy atom. The summed E-state index contributed by atoms with van der Waals surface area (Å²) in [5.74, 6) is -0.150. The van der Waals surface area contributed by atoms with Crippen LogP contribution in [0.5, 0.6) is 0 Å². The van der Waals surface area contributed by atoms with Crippen LogP contribution < -0.4 is 0 Å². The molecule has 2 aliphatic rings. The predicted octanol–water partition coefficient (Wildman–Crippen LogP) is 2.75. The lowest BCUT2D eigenvalue weighted by Crippen LogP contribution is -2.56. The molecule has 1 aliphatic carbocycles. The predicted molar refractivity (Wildman–Crippen MR) is 85.1 cm³/mol. The minimum Gasteiger partial charge on any atom is -0.466 e. The Balaban J connectivity index is 1.91. The summed E-state index contributed by atoms with van der Waals surface area (Å²) in [6.45, 7) is 9.45. The Bertz CT molecular complexity index is 435. The molecule has 0 aromatic rings. The first-order valence-electron chi connectivity index (χ1n) is 8.53. The number of rotatable bonds is 2. The number of nitrogens with zero attached hydrogens (tertiary/aromatic N) is 1. The highest BCUT2D eigenvalue weighted by Crippen LogP contribution is 2.38. The van der Waals surface area contributed by atoms with Crippen molar-refractivity contribution in [2.75, 3.05) is 26.3 Å². The monoisotopic (exact) mass is 327 g/mol. The van der Waals surface area contributed by atoms with Crippen LogP contribution in [0.3, 0.4) is 0 Å². The van der Waals surface area contributed by atoms with Crippen molar-refractivity contribution in [3.8, 4) is 0 Å². The number of carbonyl (C=O) groups excluding carboxylic acids is 2. The molecule has 0 aromatic carbocycles. The van der Waals surface area contributed by atoms with Crippen LogP contribution in [-0.2, 0) is 19.0 Å². The molecule has 0 unspecified atom stereocenters. The summed E-state index contributed by atoms with van der Waals surface area (Å²) in [6.07, 6.45) is 2.76. The van der Waals surface area contributed by atoms with E-state index in [-0.39, 0.29) is 23.6 Å². The fourth-order valence-electron chi connectivity index (χ4n) is 3.27. The van der Waals surface area contributed by atoms with E-state index >= 15 is 0 Å². The van der Waals surface area contributed by atoms with Gasteiger partial charge in [-0.25, -0.2) is 4.79 Å². The number of hydrogen-bond donors (Lipinski definition) is 0. The quantitative estimate of drug-likeness (QED) is 0.730. The SMILES string of the molecule is CCOC(=O)C1CCC2(CC1)CN(C(=O)OC(C)(C)C)CCO2. The summed E-state index contributed by atoms with van der Waals surface area (Å²) >= 11 is 0. The van der Waals surface area contributed by atoms with Gasteiger partial charge in [-0.15, -0.1) is 0 Å². The summed E-state index contributed by atoms with van der Waals surface area (Å²) in [5.41, 5.74) is -0.831. The summed E-state index contributed by atoms with van der Waals surface area (Å²) in [5, 5.41) is 0. The molecule has 1 saturated heterocycles. The topological polar surface area (TPSA) is 65.1 Å². The maximum absolute atomic E-state index is 12.3. The van der Waals surface area contributed by atoms with Crippen LogP contribution in [0.1, 0.15) is 53.4 Å². The first-order chi connectivity index (χ1) is 10.7. The number of esters is 1. The van der Waals surface area contributed by atoms with Crippen LogP contribution in [0.4, 0.5) is 4.79 Å². The number of hydrogen-bond acceptors (Lipinski definition) is 5. The third-order valence-corrected chi connectivity index (χ3v) is 4.42. The van der Waals surface area contributed by atoms with Crippen molar-refractivity contribution in [3.05, 3.63) is 0 Å². The Morgan fingerprint density at radius 3 is 2.48 bits per heavy atom. The van der Waals surface area contributed by atoms with Crippen LogP contribution in [0, 0.1) is 5.92 Å². The van der Waals surface area contributed by atoms with Gasteiger partial charge in [-0.05, 0) is 53.4 Å². The number of amides is 1. The van der Waals surface area contributed by atoms with Crippen LogP contribution in [0.25, 0.3) is 0 Å². The van der Waals surface area contributed by atoms with E-state index < -0.39 is 5.60 Å². The van der Waals surface area contributed by atoms with Gasteiger partial charge in [0.1, 0.15) is 5.60 Å². The van der Waals surface area contributed by atoms with Crippen molar-refractivity contribution in [3.63, 3.8) is 0 Å². The van der Waals surface area contributed by atoms with Crippen molar-refractivity contribution in [2.24, 2.45) is 5.92 Å². The van der Waals surface area contributed by atoms with Crippen molar-refractivity contribution in [1.29, 1.82) is 0 Å². The van der Waals surface area contributed by atoms with Gasteiger partial charge in [0.2, 0.25) is 0 Å². The second kappa shape index (κ2) is 7.07. The smallest absolute Gasteiger partial charge is 0.410 e. The van der Waals surface area contributed by atoms with Crippen LogP contribution in [-0.4, -0.2) is 54.5 Å². The number of carbonyl (C=O) groups is 2.